The fourth-order valence-electron chi connectivity index (χ4n) is 2.43. The number of nitrogens with zero attached hydrogens (tertiary/aromatic N) is 1. The van der Waals surface area contributed by atoms with E-state index in [9.17, 15) is 0 Å². The van der Waals surface area contributed by atoms with Crippen molar-refractivity contribution >= 4 is 28.9 Å². The van der Waals surface area contributed by atoms with Crippen LogP contribution in [-0.2, 0) is 19.4 Å². The first-order valence-corrected chi connectivity index (χ1v) is 7.14. The lowest BCUT2D eigenvalue weighted by Gasteiger charge is -2.10. The zero-order chi connectivity index (χ0) is 13.2. The number of nitrogens with one attached hydrogen (secondary N) is 1. The third-order valence-electron chi connectivity index (χ3n) is 3.35. The molecule has 5 heteroatoms. The highest BCUT2D eigenvalue weighted by Crippen LogP contribution is 2.26. The fourth-order valence-corrected chi connectivity index (χ4v) is 2.96. The number of aryl methyl sites for hydroxylation is 1. The summed E-state index contributed by atoms with van der Waals surface area (Å²) in [5.41, 5.74) is 3.16. The van der Waals surface area contributed by atoms with Gasteiger partial charge in [0.15, 0.2) is 0 Å². The molecule has 0 saturated heterocycles. The first kappa shape index (κ1) is 12.8. The summed E-state index contributed by atoms with van der Waals surface area (Å²) in [7, 11) is 0. The van der Waals surface area contributed by atoms with Crippen LogP contribution in [0.15, 0.2) is 22.7 Å². The van der Waals surface area contributed by atoms with Gasteiger partial charge in [-0.1, -0.05) is 28.4 Å². The Morgan fingerprint density at radius 3 is 2.63 bits per heavy atom. The molecule has 1 aromatic heterocycles. The molecule has 3 nitrogen and oxygen atoms in total. The summed E-state index contributed by atoms with van der Waals surface area (Å²) in [5.74, 6) is 1.05. The first-order valence-electron chi connectivity index (χ1n) is 6.38. The minimum absolute atomic E-state index is 0.622. The van der Waals surface area contributed by atoms with E-state index in [2.05, 4.69) is 10.5 Å². The van der Waals surface area contributed by atoms with Crippen LogP contribution in [0.2, 0.25) is 10.0 Å². The van der Waals surface area contributed by atoms with Gasteiger partial charge in [0.25, 0.3) is 0 Å². The van der Waals surface area contributed by atoms with Crippen LogP contribution < -0.4 is 5.32 Å². The maximum atomic E-state index is 5.97. The van der Waals surface area contributed by atoms with Gasteiger partial charge in [0, 0.05) is 27.7 Å². The molecular formula is C14H14Cl2N2O. The maximum Gasteiger partial charge on any atom is 0.140 e. The highest BCUT2D eigenvalue weighted by molar-refractivity contribution is 6.35. The molecule has 1 aromatic carbocycles. The standard InChI is InChI=1S/C14H14Cl2N2O/c15-9-5-10(16)7-11(6-9)17-8-13-12-3-1-2-4-14(12)19-18-13/h5-7,17H,1-4,8H2. The third-order valence-corrected chi connectivity index (χ3v) is 3.79. The Labute approximate surface area is 121 Å². The van der Waals surface area contributed by atoms with Gasteiger partial charge in [-0.05, 0) is 37.5 Å². The summed E-state index contributed by atoms with van der Waals surface area (Å²) < 4.78 is 5.38. The van der Waals surface area contributed by atoms with E-state index in [0.29, 0.717) is 16.6 Å². The Balaban J connectivity index is 1.74. The van der Waals surface area contributed by atoms with Crippen molar-refractivity contribution in [1.29, 1.82) is 0 Å². The van der Waals surface area contributed by atoms with Crippen molar-refractivity contribution < 1.29 is 4.52 Å². The lowest BCUT2D eigenvalue weighted by molar-refractivity contribution is 0.368. The molecule has 1 N–H and O–H groups in total. The third kappa shape index (κ3) is 2.88. The molecule has 0 unspecified atom stereocenters. The van der Waals surface area contributed by atoms with E-state index >= 15 is 0 Å². The second-order valence-electron chi connectivity index (χ2n) is 4.75. The van der Waals surface area contributed by atoms with Crippen molar-refractivity contribution in [2.75, 3.05) is 5.32 Å². The van der Waals surface area contributed by atoms with Gasteiger partial charge in [-0.2, -0.15) is 0 Å². The minimum Gasteiger partial charge on any atom is -0.379 e. The lowest BCUT2D eigenvalue weighted by atomic mass is 9.96. The Morgan fingerprint density at radius 1 is 1.11 bits per heavy atom. The van der Waals surface area contributed by atoms with Crippen molar-refractivity contribution in [3.8, 4) is 0 Å². The Hall–Kier alpha value is -1.19. The molecule has 0 atom stereocenters. The molecule has 1 heterocycles. The van der Waals surface area contributed by atoms with Crippen molar-refractivity contribution in [1.82, 2.24) is 5.16 Å². The molecule has 100 valence electrons. The molecule has 0 bridgehead atoms. The number of halogens is 2. The van der Waals surface area contributed by atoms with Crippen molar-refractivity contribution in [3.63, 3.8) is 0 Å². The zero-order valence-electron chi connectivity index (χ0n) is 10.4. The molecule has 1 aliphatic rings. The molecule has 0 radical (unpaired) electrons. The van der Waals surface area contributed by atoms with Crippen molar-refractivity contribution in [2.45, 2.75) is 32.2 Å². The predicted octanol–water partition coefficient (Wildman–Crippen LogP) is 4.47. The second kappa shape index (κ2) is 5.43. The average molecular weight is 297 g/mol. The number of rotatable bonds is 3. The first-order chi connectivity index (χ1) is 9.22. The average Bonchev–Trinajstić information content (AvgIpc) is 2.78. The van der Waals surface area contributed by atoms with Gasteiger partial charge < -0.3 is 9.84 Å². The molecule has 0 fully saturated rings. The summed E-state index contributed by atoms with van der Waals surface area (Å²) in [6, 6.07) is 5.41. The number of aromatic nitrogens is 1. The molecule has 2 aromatic rings. The predicted molar refractivity (Wildman–Crippen MR) is 76.9 cm³/mol. The van der Waals surface area contributed by atoms with Gasteiger partial charge in [-0.25, -0.2) is 0 Å². The minimum atomic E-state index is 0.622. The molecule has 0 aliphatic heterocycles. The Morgan fingerprint density at radius 2 is 1.84 bits per heavy atom. The number of anilines is 1. The molecule has 19 heavy (non-hydrogen) atoms. The number of hydrogen-bond donors (Lipinski definition) is 1. The highest BCUT2D eigenvalue weighted by atomic mass is 35.5. The van der Waals surface area contributed by atoms with Gasteiger partial charge in [0.05, 0.1) is 6.54 Å². The monoisotopic (exact) mass is 296 g/mol. The van der Waals surface area contributed by atoms with Gasteiger partial charge in [0.2, 0.25) is 0 Å². The molecular weight excluding hydrogens is 283 g/mol. The van der Waals surface area contributed by atoms with E-state index in [4.69, 9.17) is 27.7 Å². The van der Waals surface area contributed by atoms with Gasteiger partial charge >= 0.3 is 0 Å². The smallest absolute Gasteiger partial charge is 0.140 e. The van der Waals surface area contributed by atoms with Gasteiger partial charge in [-0.15, -0.1) is 0 Å². The summed E-state index contributed by atoms with van der Waals surface area (Å²) in [5, 5.41) is 8.69. The quantitative estimate of drug-likeness (QED) is 0.908. The molecule has 0 saturated carbocycles. The summed E-state index contributed by atoms with van der Waals surface area (Å²) >= 11 is 11.9. The summed E-state index contributed by atoms with van der Waals surface area (Å²) in [6.45, 7) is 0.634. The van der Waals surface area contributed by atoms with Crippen LogP contribution in [0.5, 0.6) is 0 Å². The van der Waals surface area contributed by atoms with E-state index in [1.165, 1.54) is 18.4 Å². The molecule has 1 aliphatic carbocycles. The summed E-state index contributed by atoms with van der Waals surface area (Å²) in [6.07, 6.45) is 4.47. The van der Waals surface area contributed by atoms with E-state index in [1.807, 2.05) is 12.1 Å². The summed E-state index contributed by atoms with van der Waals surface area (Å²) in [4.78, 5) is 0. The second-order valence-corrected chi connectivity index (χ2v) is 5.62. The largest absolute Gasteiger partial charge is 0.379 e. The topological polar surface area (TPSA) is 38.1 Å². The van der Waals surface area contributed by atoms with Crippen LogP contribution in [0.25, 0.3) is 0 Å². The van der Waals surface area contributed by atoms with E-state index in [0.717, 1.165) is 30.0 Å². The van der Waals surface area contributed by atoms with Crippen molar-refractivity contribution in [2.24, 2.45) is 0 Å². The van der Waals surface area contributed by atoms with Crippen LogP contribution in [0.3, 0.4) is 0 Å². The van der Waals surface area contributed by atoms with E-state index < -0.39 is 0 Å². The van der Waals surface area contributed by atoms with Crippen LogP contribution in [0.1, 0.15) is 29.9 Å². The maximum absolute atomic E-state index is 5.97. The van der Waals surface area contributed by atoms with Gasteiger partial charge in [-0.3, -0.25) is 0 Å². The van der Waals surface area contributed by atoms with Crippen LogP contribution in [-0.4, -0.2) is 5.16 Å². The zero-order valence-corrected chi connectivity index (χ0v) is 11.9. The van der Waals surface area contributed by atoms with Gasteiger partial charge in [0.1, 0.15) is 11.5 Å². The fraction of sp³-hybridized carbons (Fsp3) is 0.357. The van der Waals surface area contributed by atoms with E-state index in [1.54, 1.807) is 6.07 Å². The van der Waals surface area contributed by atoms with Crippen LogP contribution in [0.4, 0.5) is 5.69 Å². The Bertz CT molecular complexity index is 575. The number of benzene rings is 1. The molecule has 0 spiro atoms. The Kier molecular flexibility index (Phi) is 3.67. The molecule has 0 amide bonds. The van der Waals surface area contributed by atoms with Crippen LogP contribution >= 0.6 is 23.2 Å². The molecule has 3 rings (SSSR count). The highest BCUT2D eigenvalue weighted by Gasteiger charge is 2.18. The number of fused-ring (bicyclic) bond motifs is 1. The normalized spacial score (nSPS) is 14.2. The number of hydrogen-bond acceptors (Lipinski definition) is 3. The lowest BCUT2D eigenvalue weighted by Crippen LogP contribution is -2.06. The van der Waals surface area contributed by atoms with E-state index in [-0.39, 0.29) is 0 Å². The SMILES string of the molecule is Clc1cc(Cl)cc(NCc2noc3c2CCCC3)c1. The van der Waals surface area contributed by atoms with Crippen LogP contribution in [0, 0.1) is 0 Å². The van der Waals surface area contributed by atoms with Crippen molar-refractivity contribution in [3.05, 3.63) is 45.3 Å².